The van der Waals surface area contributed by atoms with Gasteiger partial charge in [-0.15, -0.1) is 10.2 Å². The second-order valence-corrected chi connectivity index (χ2v) is 3.61. The predicted octanol–water partition coefficient (Wildman–Crippen LogP) is 2.18. The molecule has 4 nitrogen and oxygen atoms in total. The molecule has 1 N–H and O–H groups in total. The molecule has 0 radical (unpaired) electrons. The minimum Gasteiger partial charge on any atom is -0.418 e. The summed E-state index contributed by atoms with van der Waals surface area (Å²) in [6, 6.07) is 8.03. The van der Waals surface area contributed by atoms with Gasteiger partial charge in [-0.3, -0.25) is 0 Å². The highest BCUT2D eigenvalue weighted by Gasteiger charge is 2.06. The molecule has 0 atom stereocenters. The van der Waals surface area contributed by atoms with E-state index in [0.29, 0.717) is 5.89 Å². The topological polar surface area (TPSA) is 59.2 Å². The van der Waals surface area contributed by atoms with Crippen molar-refractivity contribution in [3.63, 3.8) is 0 Å². The van der Waals surface area contributed by atoms with Gasteiger partial charge in [-0.1, -0.05) is 25.5 Å². The molecular weight excluding hydrogens is 204 g/mol. The van der Waals surface area contributed by atoms with Crippen LogP contribution in [0.4, 0.5) is 0 Å². The Morgan fingerprint density at radius 3 is 2.50 bits per heavy atom. The summed E-state index contributed by atoms with van der Waals surface area (Å²) < 4.78 is 5.25. The van der Waals surface area contributed by atoms with E-state index in [1.807, 2.05) is 12.1 Å². The van der Waals surface area contributed by atoms with E-state index < -0.39 is 0 Å². The number of aliphatic hydroxyl groups is 1. The lowest BCUT2D eigenvalue weighted by Gasteiger charge is -1.99. The van der Waals surface area contributed by atoms with Crippen molar-refractivity contribution in [2.75, 3.05) is 0 Å². The van der Waals surface area contributed by atoms with E-state index in [9.17, 15) is 0 Å². The number of hydrogen-bond acceptors (Lipinski definition) is 4. The van der Waals surface area contributed by atoms with E-state index in [1.54, 1.807) is 0 Å². The molecule has 0 aliphatic carbocycles. The molecule has 0 bridgehead atoms. The molecule has 0 saturated heterocycles. The van der Waals surface area contributed by atoms with Gasteiger partial charge in [0.05, 0.1) is 0 Å². The Morgan fingerprint density at radius 2 is 1.94 bits per heavy atom. The van der Waals surface area contributed by atoms with Crippen molar-refractivity contribution in [1.29, 1.82) is 0 Å². The van der Waals surface area contributed by atoms with Gasteiger partial charge in [0.2, 0.25) is 11.8 Å². The second kappa shape index (κ2) is 4.90. The molecule has 0 aliphatic rings. The molecule has 1 heterocycles. The Balaban J connectivity index is 2.20. The molecule has 0 spiro atoms. The predicted molar refractivity (Wildman–Crippen MR) is 59.7 cm³/mol. The van der Waals surface area contributed by atoms with Gasteiger partial charge >= 0.3 is 0 Å². The quantitative estimate of drug-likeness (QED) is 0.854. The van der Waals surface area contributed by atoms with Crippen LogP contribution in [0.5, 0.6) is 0 Å². The maximum absolute atomic E-state index is 8.82. The molecular formula is C12H14N2O2. The van der Waals surface area contributed by atoms with Gasteiger partial charge in [-0.05, 0) is 24.1 Å². The number of hydrogen-bond donors (Lipinski definition) is 1. The highest BCUT2D eigenvalue weighted by Crippen LogP contribution is 2.18. The molecule has 2 aromatic rings. The Morgan fingerprint density at radius 1 is 1.19 bits per heavy atom. The Hall–Kier alpha value is -1.68. The monoisotopic (exact) mass is 218 g/mol. The van der Waals surface area contributed by atoms with Gasteiger partial charge < -0.3 is 9.52 Å². The number of benzene rings is 1. The van der Waals surface area contributed by atoms with Gasteiger partial charge in [0.25, 0.3) is 0 Å². The third-order valence-electron chi connectivity index (χ3n) is 2.34. The Labute approximate surface area is 93.9 Å². The maximum atomic E-state index is 8.82. The van der Waals surface area contributed by atoms with E-state index >= 15 is 0 Å². The molecule has 16 heavy (non-hydrogen) atoms. The third-order valence-corrected chi connectivity index (χ3v) is 2.34. The number of aliphatic hydroxyl groups excluding tert-OH is 1. The molecule has 2 rings (SSSR count). The van der Waals surface area contributed by atoms with Crippen molar-refractivity contribution < 1.29 is 9.52 Å². The van der Waals surface area contributed by atoms with Crippen molar-refractivity contribution >= 4 is 0 Å². The number of nitrogens with zero attached hydrogens (tertiary/aromatic N) is 2. The van der Waals surface area contributed by atoms with Gasteiger partial charge in [-0.2, -0.15) is 0 Å². The number of aromatic nitrogens is 2. The van der Waals surface area contributed by atoms with Crippen molar-refractivity contribution in [3.8, 4) is 11.5 Å². The summed E-state index contributed by atoms with van der Waals surface area (Å²) in [6.45, 7) is 1.93. The first-order chi connectivity index (χ1) is 7.83. The fourth-order valence-electron chi connectivity index (χ4n) is 1.54. The van der Waals surface area contributed by atoms with Crippen LogP contribution in [0.1, 0.15) is 24.8 Å². The lowest BCUT2D eigenvalue weighted by Crippen LogP contribution is -1.83. The number of aryl methyl sites for hydroxylation is 1. The van der Waals surface area contributed by atoms with Crippen molar-refractivity contribution in [2.24, 2.45) is 0 Å². The molecule has 4 heteroatoms. The van der Waals surface area contributed by atoms with Gasteiger partial charge in [0.15, 0.2) is 0 Å². The van der Waals surface area contributed by atoms with Crippen LogP contribution in [0, 0.1) is 0 Å². The highest BCUT2D eigenvalue weighted by atomic mass is 16.4. The zero-order valence-corrected chi connectivity index (χ0v) is 9.18. The molecule has 0 fully saturated rings. The second-order valence-electron chi connectivity index (χ2n) is 3.61. The maximum Gasteiger partial charge on any atom is 0.247 e. The smallest absolute Gasteiger partial charge is 0.247 e. The first kappa shape index (κ1) is 10.8. The zero-order valence-electron chi connectivity index (χ0n) is 9.18. The molecule has 0 amide bonds. The van der Waals surface area contributed by atoms with Crippen LogP contribution in [0.25, 0.3) is 11.5 Å². The average Bonchev–Trinajstić information content (AvgIpc) is 2.79. The fourth-order valence-corrected chi connectivity index (χ4v) is 1.54. The van der Waals surface area contributed by atoms with Gasteiger partial charge in [0, 0.05) is 5.56 Å². The summed E-state index contributed by atoms with van der Waals surface area (Å²) in [6.07, 6.45) is 2.21. The number of rotatable bonds is 4. The minimum absolute atomic E-state index is 0.221. The summed E-state index contributed by atoms with van der Waals surface area (Å²) in [5.74, 6) is 0.694. The summed E-state index contributed by atoms with van der Waals surface area (Å²) >= 11 is 0. The van der Waals surface area contributed by atoms with E-state index in [4.69, 9.17) is 9.52 Å². The molecule has 84 valence electrons. The van der Waals surface area contributed by atoms with Crippen molar-refractivity contribution in [2.45, 2.75) is 26.4 Å². The van der Waals surface area contributed by atoms with E-state index in [-0.39, 0.29) is 12.5 Å². The van der Waals surface area contributed by atoms with Gasteiger partial charge in [0.1, 0.15) is 6.61 Å². The summed E-state index contributed by atoms with van der Waals surface area (Å²) in [7, 11) is 0. The lowest BCUT2D eigenvalue weighted by molar-refractivity contribution is 0.241. The third kappa shape index (κ3) is 2.28. The van der Waals surface area contributed by atoms with Crippen LogP contribution in [-0.2, 0) is 13.0 Å². The molecule has 0 unspecified atom stereocenters. The van der Waals surface area contributed by atoms with E-state index in [2.05, 4.69) is 29.3 Å². The van der Waals surface area contributed by atoms with Crippen molar-refractivity contribution in [3.05, 3.63) is 35.7 Å². The molecule has 0 saturated carbocycles. The van der Waals surface area contributed by atoms with E-state index in [1.165, 1.54) is 5.56 Å². The van der Waals surface area contributed by atoms with Gasteiger partial charge in [-0.25, -0.2) is 0 Å². The van der Waals surface area contributed by atoms with Crippen LogP contribution in [0.15, 0.2) is 28.7 Å². The lowest BCUT2D eigenvalue weighted by atomic mass is 10.1. The normalized spacial score (nSPS) is 10.6. The standard InChI is InChI=1S/C12H14N2O2/c1-2-3-9-4-6-10(7-5-9)12-14-13-11(8-15)16-12/h4-7,15H,2-3,8H2,1H3. The Kier molecular flexibility index (Phi) is 3.31. The van der Waals surface area contributed by atoms with Crippen LogP contribution in [-0.4, -0.2) is 15.3 Å². The van der Waals surface area contributed by atoms with Crippen molar-refractivity contribution in [1.82, 2.24) is 10.2 Å². The van der Waals surface area contributed by atoms with Crippen LogP contribution in [0.2, 0.25) is 0 Å². The SMILES string of the molecule is CCCc1ccc(-c2nnc(CO)o2)cc1. The largest absolute Gasteiger partial charge is 0.418 e. The summed E-state index contributed by atoms with van der Waals surface area (Å²) in [5.41, 5.74) is 2.18. The van der Waals surface area contributed by atoms with Crippen LogP contribution in [0.3, 0.4) is 0 Å². The Bertz CT molecular complexity index is 448. The van der Waals surface area contributed by atoms with Crippen LogP contribution < -0.4 is 0 Å². The molecule has 1 aromatic heterocycles. The van der Waals surface area contributed by atoms with E-state index in [0.717, 1.165) is 18.4 Å². The highest BCUT2D eigenvalue weighted by molar-refractivity contribution is 5.52. The first-order valence-electron chi connectivity index (χ1n) is 5.36. The zero-order chi connectivity index (χ0) is 11.4. The fraction of sp³-hybridized carbons (Fsp3) is 0.333. The first-order valence-corrected chi connectivity index (χ1v) is 5.36. The summed E-state index contributed by atoms with van der Waals surface area (Å²) in [4.78, 5) is 0. The van der Waals surface area contributed by atoms with Crippen LogP contribution >= 0.6 is 0 Å². The molecule has 1 aromatic carbocycles. The average molecular weight is 218 g/mol. The summed E-state index contributed by atoms with van der Waals surface area (Å²) in [5, 5.41) is 16.4. The minimum atomic E-state index is -0.221. The molecule has 0 aliphatic heterocycles.